The van der Waals surface area contributed by atoms with E-state index in [0.717, 1.165) is 12.1 Å². The predicted octanol–water partition coefficient (Wildman–Crippen LogP) is 2.91. The first kappa shape index (κ1) is 13.6. The first-order chi connectivity index (χ1) is 9.99. The third kappa shape index (κ3) is 2.47. The van der Waals surface area contributed by atoms with Crippen molar-refractivity contribution in [2.45, 2.75) is 12.8 Å². The molecule has 0 aliphatic heterocycles. The van der Waals surface area contributed by atoms with Gasteiger partial charge in [-0.3, -0.25) is 0 Å². The standard InChI is InChI=1S/C14H10F3N3O/c15-14(16,17)10-3-1-9(2-4-10)12-5-6-18-13-7-11(8-21)19-20(12)13/h1-7,21H,8H2. The lowest BCUT2D eigenvalue weighted by atomic mass is 10.1. The number of fused-ring (bicyclic) bond motifs is 1. The van der Waals surface area contributed by atoms with Crippen LogP contribution in [-0.2, 0) is 12.8 Å². The van der Waals surface area contributed by atoms with Gasteiger partial charge in [0.2, 0.25) is 0 Å². The molecular formula is C14H10F3N3O. The highest BCUT2D eigenvalue weighted by atomic mass is 19.4. The van der Waals surface area contributed by atoms with Gasteiger partial charge >= 0.3 is 6.18 Å². The highest BCUT2D eigenvalue weighted by molar-refractivity contribution is 5.63. The van der Waals surface area contributed by atoms with Crippen molar-refractivity contribution in [3.63, 3.8) is 0 Å². The van der Waals surface area contributed by atoms with Crippen LogP contribution in [0.3, 0.4) is 0 Å². The normalized spacial score (nSPS) is 12.0. The molecule has 0 unspecified atom stereocenters. The van der Waals surface area contributed by atoms with Crippen molar-refractivity contribution in [3.05, 3.63) is 53.9 Å². The summed E-state index contributed by atoms with van der Waals surface area (Å²) in [4.78, 5) is 4.10. The molecule has 0 amide bonds. The lowest BCUT2D eigenvalue weighted by Crippen LogP contribution is -2.04. The zero-order valence-electron chi connectivity index (χ0n) is 10.7. The lowest BCUT2D eigenvalue weighted by molar-refractivity contribution is -0.137. The van der Waals surface area contributed by atoms with Crippen LogP contribution < -0.4 is 0 Å². The van der Waals surface area contributed by atoms with Gasteiger partial charge in [0.15, 0.2) is 5.65 Å². The Hall–Kier alpha value is -2.41. The van der Waals surface area contributed by atoms with E-state index in [9.17, 15) is 13.2 Å². The number of hydrogen-bond donors (Lipinski definition) is 1. The van der Waals surface area contributed by atoms with Gasteiger partial charge in [0.25, 0.3) is 0 Å². The Bertz CT molecular complexity index is 778. The maximum absolute atomic E-state index is 12.6. The Kier molecular flexibility index (Phi) is 3.13. The first-order valence-corrected chi connectivity index (χ1v) is 6.11. The molecule has 0 radical (unpaired) electrons. The maximum atomic E-state index is 12.6. The molecule has 0 bridgehead atoms. The summed E-state index contributed by atoms with van der Waals surface area (Å²) in [5.74, 6) is 0. The molecule has 1 N–H and O–H groups in total. The Morgan fingerprint density at radius 3 is 2.43 bits per heavy atom. The Morgan fingerprint density at radius 1 is 1.10 bits per heavy atom. The number of rotatable bonds is 2. The van der Waals surface area contributed by atoms with Crippen LogP contribution in [0, 0.1) is 0 Å². The minimum atomic E-state index is -4.36. The number of halogens is 3. The number of aliphatic hydroxyl groups is 1. The van der Waals surface area contributed by atoms with Crippen LogP contribution in [0.1, 0.15) is 11.3 Å². The Balaban J connectivity index is 2.10. The zero-order chi connectivity index (χ0) is 15.0. The van der Waals surface area contributed by atoms with Gasteiger partial charge in [-0.15, -0.1) is 0 Å². The molecule has 2 aromatic heterocycles. The Morgan fingerprint density at radius 2 is 1.81 bits per heavy atom. The van der Waals surface area contributed by atoms with Crippen LogP contribution in [0.25, 0.3) is 16.9 Å². The van der Waals surface area contributed by atoms with E-state index in [4.69, 9.17) is 5.11 Å². The van der Waals surface area contributed by atoms with Crippen LogP contribution in [0.4, 0.5) is 13.2 Å². The molecule has 108 valence electrons. The number of aliphatic hydroxyl groups excluding tert-OH is 1. The molecule has 21 heavy (non-hydrogen) atoms. The molecule has 3 aromatic rings. The first-order valence-electron chi connectivity index (χ1n) is 6.11. The average Bonchev–Trinajstić information content (AvgIpc) is 2.89. The second-order valence-electron chi connectivity index (χ2n) is 4.47. The van der Waals surface area contributed by atoms with Crippen molar-refractivity contribution in [1.29, 1.82) is 0 Å². The smallest absolute Gasteiger partial charge is 0.390 e. The summed E-state index contributed by atoms with van der Waals surface area (Å²) >= 11 is 0. The average molecular weight is 293 g/mol. The van der Waals surface area contributed by atoms with Crippen molar-refractivity contribution < 1.29 is 18.3 Å². The molecule has 2 heterocycles. The lowest BCUT2D eigenvalue weighted by Gasteiger charge is -2.08. The number of aromatic nitrogens is 3. The molecule has 0 saturated heterocycles. The number of nitrogens with zero attached hydrogens (tertiary/aromatic N) is 3. The summed E-state index contributed by atoms with van der Waals surface area (Å²) < 4.78 is 39.2. The monoisotopic (exact) mass is 293 g/mol. The quantitative estimate of drug-likeness (QED) is 0.790. The molecule has 0 spiro atoms. The summed E-state index contributed by atoms with van der Waals surface area (Å²) in [7, 11) is 0. The van der Waals surface area contributed by atoms with Gasteiger partial charge in [0.1, 0.15) is 0 Å². The van der Waals surface area contributed by atoms with E-state index in [1.54, 1.807) is 18.3 Å². The zero-order valence-corrected chi connectivity index (χ0v) is 10.7. The van der Waals surface area contributed by atoms with Crippen LogP contribution in [-0.4, -0.2) is 19.7 Å². The molecule has 7 heteroatoms. The van der Waals surface area contributed by atoms with E-state index >= 15 is 0 Å². The van der Waals surface area contributed by atoms with E-state index in [0.29, 0.717) is 22.6 Å². The summed E-state index contributed by atoms with van der Waals surface area (Å²) in [6.45, 7) is -0.226. The van der Waals surface area contributed by atoms with E-state index in [1.807, 2.05) is 0 Å². The second kappa shape index (κ2) is 4.85. The number of alkyl halides is 3. The van der Waals surface area contributed by atoms with Gasteiger partial charge in [0, 0.05) is 17.8 Å². The van der Waals surface area contributed by atoms with Gasteiger partial charge < -0.3 is 5.11 Å². The molecule has 4 nitrogen and oxygen atoms in total. The van der Waals surface area contributed by atoms with Crippen LogP contribution in [0.5, 0.6) is 0 Å². The maximum Gasteiger partial charge on any atom is 0.416 e. The largest absolute Gasteiger partial charge is 0.416 e. The minimum absolute atomic E-state index is 0.226. The molecule has 1 aromatic carbocycles. The predicted molar refractivity (Wildman–Crippen MR) is 69.3 cm³/mol. The molecule has 0 aliphatic carbocycles. The number of benzene rings is 1. The van der Waals surface area contributed by atoms with Crippen molar-refractivity contribution in [2.24, 2.45) is 0 Å². The minimum Gasteiger partial charge on any atom is -0.390 e. The fourth-order valence-corrected chi connectivity index (χ4v) is 2.07. The molecule has 0 aliphatic rings. The SMILES string of the molecule is OCc1cc2nccc(-c3ccc(C(F)(F)F)cc3)n2n1. The fourth-order valence-electron chi connectivity index (χ4n) is 2.07. The molecule has 0 saturated carbocycles. The van der Waals surface area contributed by atoms with Gasteiger partial charge in [-0.1, -0.05) is 12.1 Å². The van der Waals surface area contributed by atoms with Crippen LogP contribution >= 0.6 is 0 Å². The van der Waals surface area contributed by atoms with Gasteiger partial charge in [0.05, 0.1) is 23.6 Å². The summed E-state index contributed by atoms with van der Waals surface area (Å²) in [6, 6.07) is 8.10. The van der Waals surface area contributed by atoms with Crippen LogP contribution in [0.2, 0.25) is 0 Å². The van der Waals surface area contributed by atoms with E-state index in [2.05, 4.69) is 10.1 Å². The van der Waals surface area contributed by atoms with E-state index in [1.165, 1.54) is 16.6 Å². The van der Waals surface area contributed by atoms with Gasteiger partial charge in [-0.2, -0.15) is 18.3 Å². The molecule has 0 fully saturated rings. The topological polar surface area (TPSA) is 50.4 Å². The van der Waals surface area contributed by atoms with Crippen LogP contribution in [0.15, 0.2) is 42.6 Å². The summed E-state index contributed by atoms with van der Waals surface area (Å²) in [5, 5.41) is 13.3. The van der Waals surface area contributed by atoms with Crippen molar-refractivity contribution >= 4 is 5.65 Å². The van der Waals surface area contributed by atoms with E-state index < -0.39 is 11.7 Å². The molecule has 3 rings (SSSR count). The van der Waals surface area contributed by atoms with E-state index in [-0.39, 0.29) is 6.61 Å². The fraction of sp³-hybridized carbons (Fsp3) is 0.143. The summed E-state index contributed by atoms with van der Waals surface area (Å²) in [5.41, 5.74) is 1.46. The van der Waals surface area contributed by atoms with Crippen molar-refractivity contribution in [3.8, 4) is 11.3 Å². The van der Waals surface area contributed by atoms with Crippen molar-refractivity contribution in [1.82, 2.24) is 14.6 Å². The van der Waals surface area contributed by atoms with Crippen molar-refractivity contribution in [2.75, 3.05) is 0 Å². The second-order valence-corrected chi connectivity index (χ2v) is 4.47. The number of hydrogen-bond acceptors (Lipinski definition) is 3. The summed E-state index contributed by atoms with van der Waals surface area (Å²) in [6.07, 6.45) is -2.81. The third-order valence-electron chi connectivity index (χ3n) is 3.08. The van der Waals surface area contributed by atoms with Gasteiger partial charge in [-0.05, 0) is 18.2 Å². The Labute approximate surface area is 117 Å². The third-order valence-corrected chi connectivity index (χ3v) is 3.08. The highest BCUT2D eigenvalue weighted by Gasteiger charge is 2.30. The molecule has 0 atom stereocenters. The highest BCUT2D eigenvalue weighted by Crippen LogP contribution is 2.30. The molecular weight excluding hydrogens is 283 g/mol. The van der Waals surface area contributed by atoms with Gasteiger partial charge in [-0.25, -0.2) is 9.50 Å².